The molecule has 0 saturated heterocycles. The fourth-order valence-corrected chi connectivity index (χ4v) is 4.69. The highest BCUT2D eigenvalue weighted by atomic mass is 35.5. The number of halogens is 1. The average molecular weight is 476 g/mol. The Morgan fingerprint density at radius 3 is 2.24 bits per heavy atom. The Hall–Kier alpha value is -3.31. The van der Waals surface area contributed by atoms with E-state index in [2.05, 4.69) is 23.6 Å². The summed E-state index contributed by atoms with van der Waals surface area (Å²) in [5.41, 5.74) is 5.67. The second-order valence-electron chi connectivity index (χ2n) is 9.16. The van der Waals surface area contributed by atoms with Gasteiger partial charge in [-0.2, -0.15) is 0 Å². The van der Waals surface area contributed by atoms with Crippen molar-refractivity contribution in [1.29, 1.82) is 0 Å². The number of carbonyl (C=O) groups excluding carboxylic acids is 2. The SMILES string of the molecule is CC(=O)N1c2ccc(-c3ccc(C(=O)NC(C)C)cc3)cc2[C@@H](Nc2ccc(Cl)cc2)C[C@H]1C. The van der Waals surface area contributed by atoms with Crippen LogP contribution in [0.5, 0.6) is 0 Å². The maximum Gasteiger partial charge on any atom is 0.251 e. The zero-order chi connectivity index (χ0) is 24.4. The van der Waals surface area contributed by atoms with Crippen LogP contribution in [-0.4, -0.2) is 23.9 Å². The van der Waals surface area contributed by atoms with Crippen molar-refractivity contribution in [2.24, 2.45) is 0 Å². The van der Waals surface area contributed by atoms with Crippen molar-refractivity contribution in [3.8, 4) is 11.1 Å². The first-order valence-corrected chi connectivity index (χ1v) is 12.0. The molecular formula is C28H30ClN3O2. The fourth-order valence-electron chi connectivity index (χ4n) is 4.57. The Kier molecular flexibility index (Phi) is 6.94. The Morgan fingerprint density at radius 2 is 1.62 bits per heavy atom. The lowest BCUT2D eigenvalue weighted by molar-refractivity contribution is -0.117. The maximum absolute atomic E-state index is 12.5. The quantitative estimate of drug-likeness (QED) is 0.446. The molecule has 1 aliphatic rings. The number of amides is 2. The van der Waals surface area contributed by atoms with E-state index < -0.39 is 0 Å². The highest BCUT2D eigenvalue weighted by Crippen LogP contribution is 2.41. The molecule has 0 aliphatic carbocycles. The number of benzene rings is 3. The average Bonchev–Trinajstić information content (AvgIpc) is 2.79. The van der Waals surface area contributed by atoms with Crippen LogP contribution < -0.4 is 15.5 Å². The molecule has 4 rings (SSSR count). The third-order valence-electron chi connectivity index (χ3n) is 6.10. The van der Waals surface area contributed by atoms with E-state index in [4.69, 9.17) is 11.6 Å². The van der Waals surface area contributed by atoms with Crippen LogP contribution >= 0.6 is 11.6 Å². The number of rotatable bonds is 5. The molecule has 0 bridgehead atoms. The van der Waals surface area contributed by atoms with Gasteiger partial charge in [-0.15, -0.1) is 0 Å². The molecule has 0 saturated carbocycles. The van der Waals surface area contributed by atoms with Crippen LogP contribution in [0.25, 0.3) is 11.1 Å². The third-order valence-corrected chi connectivity index (χ3v) is 6.36. The van der Waals surface area contributed by atoms with Gasteiger partial charge in [-0.05, 0) is 92.4 Å². The lowest BCUT2D eigenvalue weighted by Gasteiger charge is -2.39. The van der Waals surface area contributed by atoms with Gasteiger partial charge in [-0.3, -0.25) is 9.59 Å². The van der Waals surface area contributed by atoms with Gasteiger partial charge in [0, 0.05) is 41.0 Å². The molecule has 0 unspecified atom stereocenters. The highest BCUT2D eigenvalue weighted by molar-refractivity contribution is 6.30. The van der Waals surface area contributed by atoms with Gasteiger partial charge in [0.05, 0.1) is 6.04 Å². The summed E-state index contributed by atoms with van der Waals surface area (Å²) in [5, 5.41) is 7.24. The zero-order valence-electron chi connectivity index (χ0n) is 19.9. The Labute approximate surface area is 206 Å². The number of hydrogen-bond acceptors (Lipinski definition) is 3. The molecule has 0 fully saturated rings. The van der Waals surface area contributed by atoms with Crippen LogP contribution in [0.2, 0.25) is 5.02 Å². The van der Waals surface area contributed by atoms with E-state index >= 15 is 0 Å². The van der Waals surface area contributed by atoms with Crippen LogP contribution in [0.4, 0.5) is 11.4 Å². The topological polar surface area (TPSA) is 61.4 Å². The summed E-state index contributed by atoms with van der Waals surface area (Å²) in [7, 11) is 0. The van der Waals surface area contributed by atoms with E-state index in [0.717, 1.165) is 34.5 Å². The van der Waals surface area contributed by atoms with Crippen molar-refractivity contribution < 1.29 is 9.59 Å². The van der Waals surface area contributed by atoms with Gasteiger partial charge in [0.15, 0.2) is 0 Å². The Balaban J connectivity index is 1.69. The van der Waals surface area contributed by atoms with Crippen LogP contribution in [-0.2, 0) is 4.79 Å². The molecule has 2 atom stereocenters. The van der Waals surface area contributed by atoms with Crippen molar-refractivity contribution in [1.82, 2.24) is 5.32 Å². The monoisotopic (exact) mass is 475 g/mol. The van der Waals surface area contributed by atoms with Gasteiger partial charge in [0.25, 0.3) is 5.91 Å². The van der Waals surface area contributed by atoms with Crippen LogP contribution in [0.1, 0.15) is 56.1 Å². The summed E-state index contributed by atoms with van der Waals surface area (Å²) in [6, 6.07) is 21.7. The van der Waals surface area contributed by atoms with Crippen LogP contribution in [0.3, 0.4) is 0 Å². The molecule has 6 heteroatoms. The Bertz CT molecular complexity index is 1190. The molecule has 0 radical (unpaired) electrons. The minimum Gasteiger partial charge on any atom is -0.378 e. The summed E-state index contributed by atoms with van der Waals surface area (Å²) in [4.78, 5) is 26.6. The number of hydrogen-bond donors (Lipinski definition) is 2. The second kappa shape index (κ2) is 9.90. The molecule has 34 heavy (non-hydrogen) atoms. The van der Waals surface area contributed by atoms with E-state index in [1.54, 1.807) is 6.92 Å². The van der Waals surface area contributed by atoms with E-state index in [1.165, 1.54) is 0 Å². The molecule has 3 aromatic carbocycles. The van der Waals surface area contributed by atoms with Gasteiger partial charge in [0.1, 0.15) is 0 Å². The molecular weight excluding hydrogens is 446 g/mol. The van der Waals surface area contributed by atoms with Gasteiger partial charge < -0.3 is 15.5 Å². The number of nitrogens with zero attached hydrogens (tertiary/aromatic N) is 1. The molecule has 1 heterocycles. The Morgan fingerprint density at radius 1 is 0.971 bits per heavy atom. The van der Waals surface area contributed by atoms with E-state index in [0.29, 0.717) is 10.6 Å². The van der Waals surface area contributed by atoms with Crippen molar-refractivity contribution >= 4 is 34.8 Å². The summed E-state index contributed by atoms with van der Waals surface area (Å²) in [5.74, 6) is -0.0442. The van der Waals surface area contributed by atoms with Crippen molar-refractivity contribution in [3.63, 3.8) is 0 Å². The molecule has 1 aliphatic heterocycles. The summed E-state index contributed by atoms with van der Waals surface area (Å²) >= 11 is 6.06. The molecule has 176 valence electrons. The number of fused-ring (bicyclic) bond motifs is 1. The minimum atomic E-state index is -0.0784. The lowest BCUT2D eigenvalue weighted by Crippen LogP contribution is -2.43. The van der Waals surface area contributed by atoms with Crippen LogP contribution in [0.15, 0.2) is 66.7 Å². The van der Waals surface area contributed by atoms with E-state index in [1.807, 2.05) is 79.4 Å². The largest absolute Gasteiger partial charge is 0.378 e. The first kappa shape index (κ1) is 23.8. The fraction of sp³-hybridized carbons (Fsp3) is 0.286. The smallest absolute Gasteiger partial charge is 0.251 e. The van der Waals surface area contributed by atoms with Gasteiger partial charge >= 0.3 is 0 Å². The van der Waals surface area contributed by atoms with Gasteiger partial charge in [0.2, 0.25) is 5.91 Å². The van der Waals surface area contributed by atoms with Crippen molar-refractivity contribution in [3.05, 3.63) is 82.9 Å². The highest BCUT2D eigenvalue weighted by Gasteiger charge is 2.32. The number of anilines is 2. The predicted molar refractivity (Wildman–Crippen MR) is 140 cm³/mol. The number of carbonyl (C=O) groups is 2. The zero-order valence-corrected chi connectivity index (χ0v) is 20.7. The summed E-state index contributed by atoms with van der Waals surface area (Å²) in [6.45, 7) is 7.58. The first-order valence-electron chi connectivity index (χ1n) is 11.6. The lowest BCUT2D eigenvalue weighted by atomic mass is 9.88. The molecule has 2 N–H and O–H groups in total. The summed E-state index contributed by atoms with van der Waals surface area (Å²) < 4.78 is 0. The van der Waals surface area contributed by atoms with Crippen molar-refractivity contribution in [2.75, 3.05) is 10.2 Å². The molecule has 0 aromatic heterocycles. The standard InChI is InChI=1S/C28H30ClN3O2/c1-17(2)30-28(34)21-7-5-20(6-8-21)22-9-14-27-25(16-22)26(15-18(3)32(27)19(4)33)31-24-12-10-23(29)11-13-24/h5-14,16-18,26,31H,15H2,1-4H3,(H,30,34)/t18-,26+/m1/s1. The third kappa shape index (κ3) is 5.10. The maximum atomic E-state index is 12.5. The molecule has 0 spiro atoms. The minimum absolute atomic E-state index is 0.0342. The second-order valence-corrected chi connectivity index (χ2v) is 9.59. The van der Waals surface area contributed by atoms with Crippen molar-refractivity contribution in [2.45, 2.75) is 52.2 Å². The van der Waals surface area contributed by atoms with Gasteiger partial charge in [-0.25, -0.2) is 0 Å². The molecule has 5 nitrogen and oxygen atoms in total. The molecule has 3 aromatic rings. The first-order chi connectivity index (χ1) is 16.2. The van der Waals surface area contributed by atoms with E-state index in [9.17, 15) is 9.59 Å². The van der Waals surface area contributed by atoms with Crippen LogP contribution in [0, 0.1) is 0 Å². The molecule has 2 amide bonds. The number of nitrogens with one attached hydrogen (secondary N) is 2. The normalized spacial score (nSPS) is 17.3. The van der Waals surface area contributed by atoms with E-state index in [-0.39, 0.29) is 29.9 Å². The predicted octanol–water partition coefficient (Wildman–Crippen LogP) is 6.44. The van der Waals surface area contributed by atoms with Gasteiger partial charge in [-0.1, -0.05) is 29.8 Å². The summed E-state index contributed by atoms with van der Waals surface area (Å²) in [6.07, 6.45) is 0.785.